The quantitative estimate of drug-likeness (QED) is 0.588. The van der Waals surface area contributed by atoms with E-state index >= 15 is 0 Å². The van der Waals surface area contributed by atoms with Gasteiger partial charge in [-0.05, 0) is 18.8 Å². The molecule has 1 aliphatic rings. The van der Waals surface area contributed by atoms with Crippen molar-refractivity contribution >= 4 is 5.78 Å². The zero-order valence-electron chi connectivity index (χ0n) is 9.84. The third-order valence-corrected chi connectivity index (χ3v) is 3.35. The van der Waals surface area contributed by atoms with E-state index in [4.69, 9.17) is 0 Å². The van der Waals surface area contributed by atoms with Crippen LogP contribution in [0, 0.1) is 5.92 Å². The monoisotopic (exact) mass is 208 g/mol. The van der Waals surface area contributed by atoms with Gasteiger partial charge in [-0.2, -0.15) is 0 Å². The van der Waals surface area contributed by atoms with Crippen LogP contribution in [-0.4, -0.2) is 5.78 Å². The van der Waals surface area contributed by atoms with Gasteiger partial charge in [-0.3, -0.25) is 4.79 Å². The van der Waals surface area contributed by atoms with Crippen molar-refractivity contribution < 1.29 is 4.79 Å². The van der Waals surface area contributed by atoms with E-state index in [2.05, 4.69) is 6.58 Å². The molecule has 0 N–H and O–H groups in total. The Hall–Kier alpha value is -0.590. The standard InChI is InChI=1S/C14H24O/c1-2-13-10-8-6-4-3-5-7-9-11-14(15)12-13/h2,13H,1,3-12H2. The van der Waals surface area contributed by atoms with Gasteiger partial charge in [0.2, 0.25) is 0 Å². The summed E-state index contributed by atoms with van der Waals surface area (Å²) in [5.41, 5.74) is 0. The molecule has 1 heteroatoms. The molecule has 0 radical (unpaired) electrons. The van der Waals surface area contributed by atoms with Crippen LogP contribution in [0.25, 0.3) is 0 Å². The Balaban J connectivity index is 2.35. The zero-order chi connectivity index (χ0) is 10.9. The van der Waals surface area contributed by atoms with Gasteiger partial charge in [0.25, 0.3) is 0 Å². The van der Waals surface area contributed by atoms with Gasteiger partial charge in [0.15, 0.2) is 0 Å². The molecule has 0 spiro atoms. The molecule has 0 saturated heterocycles. The Morgan fingerprint density at radius 3 is 2.27 bits per heavy atom. The second-order valence-corrected chi connectivity index (χ2v) is 4.75. The van der Waals surface area contributed by atoms with Crippen LogP contribution in [-0.2, 0) is 4.79 Å². The molecule has 0 aliphatic heterocycles. The normalized spacial score (nSPS) is 26.4. The maximum atomic E-state index is 11.6. The van der Waals surface area contributed by atoms with Gasteiger partial charge in [0.1, 0.15) is 5.78 Å². The molecule has 0 bridgehead atoms. The van der Waals surface area contributed by atoms with Crippen LogP contribution in [0.2, 0.25) is 0 Å². The summed E-state index contributed by atoms with van der Waals surface area (Å²) in [6.07, 6.45) is 13.7. The summed E-state index contributed by atoms with van der Waals surface area (Å²) >= 11 is 0. The molecule has 15 heavy (non-hydrogen) atoms. The molecule has 1 saturated carbocycles. The number of Topliss-reactive ketones (excluding diaryl/α,β-unsaturated/α-hetero) is 1. The van der Waals surface area contributed by atoms with E-state index in [0.717, 1.165) is 25.7 Å². The maximum Gasteiger partial charge on any atom is 0.133 e. The largest absolute Gasteiger partial charge is 0.300 e. The molecule has 1 aliphatic carbocycles. The van der Waals surface area contributed by atoms with E-state index in [0.29, 0.717) is 11.7 Å². The average molecular weight is 208 g/mol. The number of ketones is 1. The lowest BCUT2D eigenvalue weighted by Crippen LogP contribution is -2.07. The minimum atomic E-state index is 0.442. The highest BCUT2D eigenvalue weighted by molar-refractivity contribution is 5.78. The van der Waals surface area contributed by atoms with Crippen molar-refractivity contribution in [1.29, 1.82) is 0 Å². The SMILES string of the molecule is C=CC1CCCCCCCCCC(=O)C1. The molecule has 0 aromatic heterocycles. The molecule has 1 unspecified atom stereocenters. The van der Waals surface area contributed by atoms with Crippen molar-refractivity contribution in [1.82, 2.24) is 0 Å². The summed E-state index contributed by atoms with van der Waals surface area (Å²) in [5.74, 6) is 0.886. The summed E-state index contributed by atoms with van der Waals surface area (Å²) in [6, 6.07) is 0. The number of hydrogen-bond donors (Lipinski definition) is 0. The van der Waals surface area contributed by atoms with Gasteiger partial charge < -0.3 is 0 Å². The lowest BCUT2D eigenvalue weighted by Gasteiger charge is -2.12. The second kappa shape index (κ2) is 7.67. The summed E-state index contributed by atoms with van der Waals surface area (Å²) in [5, 5.41) is 0. The van der Waals surface area contributed by atoms with Crippen LogP contribution in [0.15, 0.2) is 12.7 Å². The lowest BCUT2D eigenvalue weighted by atomic mass is 9.92. The summed E-state index contributed by atoms with van der Waals surface area (Å²) < 4.78 is 0. The van der Waals surface area contributed by atoms with Crippen LogP contribution in [0.5, 0.6) is 0 Å². The van der Waals surface area contributed by atoms with Crippen LogP contribution < -0.4 is 0 Å². The Labute approximate surface area is 93.9 Å². The third-order valence-electron chi connectivity index (χ3n) is 3.35. The van der Waals surface area contributed by atoms with Gasteiger partial charge in [0.05, 0.1) is 0 Å². The molecular formula is C14H24O. The number of carbonyl (C=O) groups excluding carboxylic acids is 1. The van der Waals surface area contributed by atoms with E-state index in [1.165, 1.54) is 38.5 Å². The number of rotatable bonds is 1. The second-order valence-electron chi connectivity index (χ2n) is 4.75. The molecule has 86 valence electrons. The van der Waals surface area contributed by atoms with E-state index in [1.807, 2.05) is 6.08 Å². The van der Waals surface area contributed by atoms with Crippen molar-refractivity contribution in [3.63, 3.8) is 0 Å². The average Bonchev–Trinajstić information content (AvgIpc) is 2.22. The van der Waals surface area contributed by atoms with E-state index < -0.39 is 0 Å². The summed E-state index contributed by atoms with van der Waals surface area (Å²) in [4.78, 5) is 11.6. The van der Waals surface area contributed by atoms with Gasteiger partial charge >= 0.3 is 0 Å². The Bertz CT molecular complexity index is 196. The first kappa shape index (κ1) is 12.5. The predicted octanol–water partition coefficient (Wildman–Crippen LogP) is 4.27. The fourth-order valence-electron chi connectivity index (χ4n) is 2.31. The summed E-state index contributed by atoms with van der Waals surface area (Å²) in [7, 11) is 0. The van der Waals surface area contributed by atoms with Crippen LogP contribution in [0.4, 0.5) is 0 Å². The highest BCUT2D eigenvalue weighted by Gasteiger charge is 2.11. The van der Waals surface area contributed by atoms with Gasteiger partial charge in [-0.15, -0.1) is 6.58 Å². The first-order valence-corrected chi connectivity index (χ1v) is 6.47. The van der Waals surface area contributed by atoms with Gasteiger partial charge in [0, 0.05) is 12.8 Å². The first-order valence-electron chi connectivity index (χ1n) is 6.47. The van der Waals surface area contributed by atoms with E-state index in [-0.39, 0.29) is 0 Å². The molecule has 0 amide bonds. The molecule has 0 aromatic rings. The molecular weight excluding hydrogens is 184 g/mol. The maximum absolute atomic E-state index is 11.6. The van der Waals surface area contributed by atoms with Crippen molar-refractivity contribution in [3.05, 3.63) is 12.7 Å². The van der Waals surface area contributed by atoms with Crippen molar-refractivity contribution in [2.75, 3.05) is 0 Å². The Morgan fingerprint density at radius 1 is 1.00 bits per heavy atom. The highest BCUT2D eigenvalue weighted by Crippen LogP contribution is 2.19. The minimum Gasteiger partial charge on any atom is -0.300 e. The Kier molecular flexibility index (Phi) is 6.38. The molecule has 0 heterocycles. The lowest BCUT2D eigenvalue weighted by molar-refractivity contribution is -0.119. The molecule has 1 rings (SSSR count). The Morgan fingerprint density at radius 2 is 1.60 bits per heavy atom. The third kappa shape index (κ3) is 5.76. The van der Waals surface area contributed by atoms with Crippen LogP contribution in [0.3, 0.4) is 0 Å². The van der Waals surface area contributed by atoms with E-state index in [9.17, 15) is 4.79 Å². The topological polar surface area (TPSA) is 17.1 Å². The molecule has 0 aromatic carbocycles. The zero-order valence-corrected chi connectivity index (χ0v) is 9.84. The number of allylic oxidation sites excluding steroid dienone is 1. The highest BCUT2D eigenvalue weighted by atomic mass is 16.1. The predicted molar refractivity (Wildman–Crippen MR) is 64.9 cm³/mol. The van der Waals surface area contributed by atoms with Crippen LogP contribution >= 0.6 is 0 Å². The van der Waals surface area contributed by atoms with Crippen molar-refractivity contribution in [2.24, 2.45) is 5.92 Å². The number of hydrogen-bond acceptors (Lipinski definition) is 1. The van der Waals surface area contributed by atoms with Crippen molar-refractivity contribution in [2.45, 2.75) is 64.2 Å². The van der Waals surface area contributed by atoms with E-state index in [1.54, 1.807) is 0 Å². The summed E-state index contributed by atoms with van der Waals surface area (Å²) in [6.45, 7) is 3.83. The fourth-order valence-corrected chi connectivity index (χ4v) is 2.31. The minimum absolute atomic E-state index is 0.442. The molecule has 1 fully saturated rings. The number of carbonyl (C=O) groups is 1. The van der Waals surface area contributed by atoms with Gasteiger partial charge in [-0.1, -0.05) is 44.6 Å². The molecule has 1 atom stereocenters. The van der Waals surface area contributed by atoms with Gasteiger partial charge in [-0.25, -0.2) is 0 Å². The van der Waals surface area contributed by atoms with Crippen molar-refractivity contribution in [3.8, 4) is 0 Å². The van der Waals surface area contributed by atoms with Crippen LogP contribution in [0.1, 0.15) is 64.2 Å². The fraction of sp³-hybridized carbons (Fsp3) is 0.786. The molecule has 1 nitrogen and oxygen atoms in total. The smallest absolute Gasteiger partial charge is 0.133 e. The first-order chi connectivity index (χ1) is 7.33.